The van der Waals surface area contributed by atoms with E-state index in [9.17, 15) is 9.59 Å². The normalized spacial score (nSPS) is 12.5. The van der Waals surface area contributed by atoms with Crippen molar-refractivity contribution >= 4 is 17.8 Å². The van der Waals surface area contributed by atoms with Crippen LogP contribution in [0, 0.1) is 20.8 Å². The number of rotatable bonds is 4. The number of nitrogens with one attached hydrogen (secondary N) is 2. The lowest BCUT2D eigenvalue weighted by Crippen LogP contribution is -2.20. The first-order valence-corrected chi connectivity index (χ1v) is 8.94. The Labute approximate surface area is 166 Å². The van der Waals surface area contributed by atoms with Crippen LogP contribution in [0.25, 0.3) is 12.0 Å². The van der Waals surface area contributed by atoms with Crippen molar-refractivity contribution in [2.24, 2.45) is 0 Å². The lowest BCUT2D eigenvalue weighted by molar-refractivity contribution is -0.111. The van der Waals surface area contributed by atoms with Crippen LogP contribution < -0.4 is 20.3 Å². The Balaban J connectivity index is 1.55. The van der Waals surface area contributed by atoms with Crippen LogP contribution in [0.15, 0.2) is 35.1 Å². The summed E-state index contributed by atoms with van der Waals surface area (Å²) in [5.41, 5.74) is 2.35. The monoisotopic (exact) mass is 393 g/mol. The summed E-state index contributed by atoms with van der Waals surface area (Å²) in [5, 5.41) is 7.08. The van der Waals surface area contributed by atoms with E-state index in [1.807, 2.05) is 6.07 Å². The zero-order valence-electron chi connectivity index (χ0n) is 16.1. The van der Waals surface area contributed by atoms with Gasteiger partial charge in [-0.2, -0.15) is 9.78 Å². The average Bonchev–Trinajstić information content (AvgIpc) is 3.29. The average molecular weight is 393 g/mol. The van der Waals surface area contributed by atoms with Gasteiger partial charge in [-0.3, -0.25) is 14.6 Å². The Hall–Kier alpha value is -3.88. The van der Waals surface area contributed by atoms with Crippen molar-refractivity contribution in [3.05, 3.63) is 63.2 Å². The molecule has 2 N–H and O–H groups in total. The Kier molecular flexibility index (Phi) is 4.63. The van der Waals surface area contributed by atoms with Gasteiger partial charge in [0, 0.05) is 23.4 Å². The van der Waals surface area contributed by atoms with E-state index in [0.29, 0.717) is 34.3 Å². The molecule has 0 spiro atoms. The highest BCUT2D eigenvalue weighted by Crippen LogP contribution is 2.32. The molecule has 0 bridgehead atoms. The Morgan fingerprint density at radius 3 is 2.79 bits per heavy atom. The summed E-state index contributed by atoms with van der Waals surface area (Å²) in [7, 11) is 0. The quantitative estimate of drug-likeness (QED) is 0.658. The molecular formula is C20H19N5O4. The highest BCUT2D eigenvalue weighted by molar-refractivity contribution is 6.01. The first-order chi connectivity index (χ1) is 13.9. The molecule has 9 nitrogen and oxygen atoms in total. The minimum absolute atomic E-state index is 0.195. The van der Waals surface area contributed by atoms with Gasteiger partial charge in [-0.1, -0.05) is 6.07 Å². The van der Waals surface area contributed by atoms with Gasteiger partial charge in [-0.05, 0) is 44.5 Å². The van der Waals surface area contributed by atoms with Gasteiger partial charge in [0.15, 0.2) is 11.5 Å². The topological polar surface area (TPSA) is 111 Å². The molecule has 1 aromatic carbocycles. The number of amides is 1. The molecule has 0 radical (unpaired) electrons. The van der Waals surface area contributed by atoms with E-state index in [1.54, 1.807) is 45.0 Å². The Morgan fingerprint density at radius 2 is 2.00 bits per heavy atom. The van der Waals surface area contributed by atoms with Crippen molar-refractivity contribution in [3.63, 3.8) is 0 Å². The van der Waals surface area contributed by atoms with E-state index in [1.165, 1.54) is 10.8 Å². The molecule has 0 saturated heterocycles. The summed E-state index contributed by atoms with van der Waals surface area (Å²) in [6, 6.07) is 7.11. The predicted molar refractivity (Wildman–Crippen MR) is 106 cm³/mol. The molecule has 148 valence electrons. The van der Waals surface area contributed by atoms with Crippen LogP contribution in [0.5, 0.6) is 11.5 Å². The number of H-pyrrole nitrogens is 1. The second-order valence-corrected chi connectivity index (χ2v) is 6.62. The van der Waals surface area contributed by atoms with Gasteiger partial charge >= 0.3 is 0 Å². The van der Waals surface area contributed by atoms with Crippen molar-refractivity contribution < 1.29 is 14.3 Å². The van der Waals surface area contributed by atoms with Crippen LogP contribution in [-0.4, -0.2) is 32.4 Å². The molecule has 29 heavy (non-hydrogen) atoms. The summed E-state index contributed by atoms with van der Waals surface area (Å²) in [6.07, 6.45) is 3.07. The molecule has 9 heteroatoms. The SMILES string of the molecule is Cc1cc(NC(=O)/C=C/c2ccc3c(c2)OCO3)n(-c2nc(C)c(C)c(=O)[nH]2)n1. The van der Waals surface area contributed by atoms with Gasteiger partial charge in [0.25, 0.3) is 5.56 Å². The minimum atomic E-state index is -0.352. The number of hydrogen-bond donors (Lipinski definition) is 2. The molecule has 0 saturated carbocycles. The van der Waals surface area contributed by atoms with E-state index < -0.39 is 0 Å². The van der Waals surface area contributed by atoms with Crippen molar-refractivity contribution in [2.45, 2.75) is 20.8 Å². The van der Waals surface area contributed by atoms with Gasteiger partial charge in [0.05, 0.1) is 5.69 Å². The number of carbonyl (C=O) groups is 1. The fourth-order valence-corrected chi connectivity index (χ4v) is 2.84. The zero-order chi connectivity index (χ0) is 20.5. The maximum absolute atomic E-state index is 12.4. The second kappa shape index (κ2) is 7.27. The number of aryl methyl sites for hydroxylation is 2. The largest absolute Gasteiger partial charge is 0.454 e. The number of anilines is 1. The van der Waals surface area contributed by atoms with Gasteiger partial charge in [0.2, 0.25) is 18.6 Å². The van der Waals surface area contributed by atoms with Crippen molar-refractivity contribution in [3.8, 4) is 17.4 Å². The van der Waals surface area contributed by atoms with Crippen molar-refractivity contribution in [1.29, 1.82) is 0 Å². The van der Waals surface area contributed by atoms with Gasteiger partial charge in [-0.25, -0.2) is 4.98 Å². The number of fused-ring (bicyclic) bond motifs is 1. The Bertz CT molecular complexity index is 1190. The van der Waals surface area contributed by atoms with Crippen LogP contribution in [-0.2, 0) is 4.79 Å². The van der Waals surface area contributed by atoms with Crippen LogP contribution in [0.4, 0.5) is 5.82 Å². The molecule has 1 amide bonds. The lowest BCUT2D eigenvalue weighted by atomic mass is 10.2. The smallest absolute Gasteiger partial charge is 0.255 e. The molecule has 0 aliphatic carbocycles. The first kappa shape index (κ1) is 18.5. The summed E-state index contributed by atoms with van der Waals surface area (Å²) < 4.78 is 12.0. The van der Waals surface area contributed by atoms with E-state index in [2.05, 4.69) is 20.4 Å². The zero-order valence-corrected chi connectivity index (χ0v) is 16.1. The molecule has 3 heterocycles. The molecule has 0 fully saturated rings. The number of ether oxygens (including phenoxy) is 2. The van der Waals surface area contributed by atoms with Gasteiger partial charge in [0.1, 0.15) is 5.82 Å². The number of benzene rings is 1. The standard InChI is InChI=1S/C20H19N5O4/c1-11-8-17(25(24-11)20-21-13(3)12(2)19(27)23-20)22-18(26)7-5-14-4-6-15-16(9-14)29-10-28-15/h4-9H,10H2,1-3H3,(H,22,26)(H,21,23,27)/b7-5+. The van der Waals surface area contributed by atoms with Crippen molar-refractivity contribution in [1.82, 2.24) is 19.7 Å². The second-order valence-electron chi connectivity index (χ2n) is 6.62. The number of aromatic amines is 1. The van der Waals surface area contributed by atoms with Crippen LogP contribution in [0.2, 0.25) is 0 Å². The molecule has 1 aliphatic heterocycles. The van der Waals surface area contributed by atoms with E-state index in [4.69, 9.17) is 9.47 Å². The molecule has 3 aromatic rings. The molecule has 1 aliphatic rings. The third-order valence-electron chi connectivity index (χ3n) is 4.49. The fourth-order valence-electron chi connectivity index (χ4n) is 2.84. The van der Waals surface area contributed by atoms with Gasteiger partial charge < -0.3 is 14.8 Å². The summed E-state index contributed by atoms with van der Waals surface area (Å²) >= 11 is 0. The van der Waals surface area contributed by atoms with Crippen LogP contribution in [0.3, 0.4) is 0 Å². The maximum atomic E-state index is 12.4. The Morgan fingerprint density at radius 1 is 1.21 bits per heavy atom. The highest BCUT2D eigenvalue weighted by Gasteiger charge is 2.14. The number of hydrogen-bond acceptors (Lipinski definition) is 6. The van der Waals surface area contributed by atoms with E-state index in [0.717, 1.165) is 5.56 Å². The summed E-state index contributed by atoms with van der Waals surface area (Å²) in [5.74, 6) is 1.61. The maximum Gasteiger partial charge on any atom is 0.255 e. The minimum Gasteiger partial charge on any atom is -0.454 e. The molecular weight excluding hydrogens is 374 g/mol. The molecule has 0 unspecified atom stereocenters. The number of nitrogens with zero attached hydrogens (tertiary/aromatic N) is 3. The summed E-state index contributed by atoms with van der Waals surface area (Å²) in [4.78, 5) is 31.5. The first-order valence-electron chi connectivity index (χ1n) is 8.94. The third kappa shape index (κ3) is 3.75. The predicted octanol–water partition coefficient (Wildman–Crippen LogP) is 2.26. The van der Waals surface area contributed by atoms with Crippen molar-refractivity contribution in [2.75, 3.05) is 12.1 Å². The molecule has 0 atom stereocenters. The summed E-state index contributed by atoms with van der Waals surface area (Å²) in [6.45, 7) is 5.42. The van der Waals surface area contributed by atoms with E-state index >= 15 is 0 Å². The number of aromatic nitrogens is 4. The van der Waals surface area contributed by atoms with Gasteiger partial charge in [-0.15, -0.1) is 0 Å². The third-order valence-corrected chi connectivity index (χ3v) is 4.49. The number of carbonyl (C=O) groups excluding carboxylic acids is 1. The van der Waals surface area contributed by atoms with Crippen LogP contribution >= 0.6 is 0 Å². The molecule has 2 aromatic heterocycles. The van der Waals surface area contributed by atoms with Crippen LogP contribution in [0.1, 0.15) is 22.5 Å². The lowest BCUT2D eigenvalue weighted by Gasteiger charge is -2.08. The molecule has 4 rings (SSSR count). The van der Waals surface area contributed by atoms with E-state index in [-0.39, 0.29) is 24.2 Å². The fraction of sp³-hybridized carbons (Fsp3) is 0.200. The highest BCUT2D eigenvalue weighted by atomic mass is 16.7.